The molecule has 0 radical (unpaired) electrons. The second-order valence-corrected chi connectivity index (χ2v) is 5.13. The molecule has 0 unspecified atom stereocenters. The minimum absolute atomic E-state index is 0.164. The van der Waals surface area contributed by atoms with Gasteiger partial charge in [-0.25, -0.2) is 0 Å². The minimum Gasteiger partial charge on any atom is -0.468 e. The Balaban J connectivity index is 2.46. The van der Waals surface area contributed by atoms with E-state index < -0.39 is 17.4 Å². The van der Waals surface area contributed by atoms with E-state index in [1.54, 1.807) is 49.1 Å². The molecule has 23 heavy (non-hydrogen) atoms. The van der Waals surface area contributed by atoms with E-state index in [1.807, 2.05) is 0 Å². The van der Waals surface area contributed by atoms with Crippen LogP contribution < -0.4 is 0 Å². The highest BCUT2D eigenvalue weighted by Gasteiger charge is 2.48. The Kier molecular flexibility index (Phi) is 5.41. The SMILES string of the molecule is COC(=O)C(Cc1ccncc1)(Cc1ccncc1)C(=O)OC. The molecule has 120 valence electrons. The lowest BCUT2D eigenvalue weighted by Gasteiger charge is -2.28. The molecule has 0 N–H and O–H groups in total. The molecule has 0 amide bonds. The van der Waals surface area contributed by atoms with Gasteiger partial charge in [0, 0.05) is 24.8 Å². The highest BCUT2D eigenvalue weighted by atomic mass is 16.5. The fourth-order valence-corrected chi connectivity index (χ4v) is 2.52. The van der Waals surface area contributed by atoms with Crippen molar-refractivity contribution >= 4 is 11.9 Å². The molecule has 2 aromatic rings. The van der Waals surface area contributed by atoms with Gasteiger partial charge in [-0.3, -0.25) is 19.6 Å². The predicted octanol–water partition coefficient (Wildman–Crippen LogP) is 1.59. The van der Waals surface area contributed by atoms with E-state index in [0.29, 0.717) is 0 Å². The maximum atomic E-state index is 12.5. The normalized spacial score (nSPS) is 10.9. The van der Waals surface area contributed by atoms with Gasteiger partial charge in [-0.1, -0.05) is 0 Å². The number of esters is 2. The quantitative estimate of drug-likeness (QED) is 0.595. The van der Waals surface area contributed by atoms with E-state index in [0.717, 1.165) is 11.1 Å². The smallest absolute Gasteiger partial charge is 0.323 e. The Hall–Kier alpha value is -2.76. The van der Waals surface area contributed by atoms with Crippen LogP contribution >= 0.6 is 0 Å². The van der Waals surface area contributed by atoms with Gasteiger partial charge in [0.05, 0.1) is 14.2 Å². The van der Waals surface area contributed by atoms with Crippen LogP contribution in [-0.2, 0) is 31.9 Å². The van der Waals surface area contributed by atoms with Crippen molar-refractivity contribution < 1.29 is 19.1 Å². The minimum atomic E-state index is -1.45. The first-order valence-corrected chi connectivity index (χ1v) is 7.07. The topological polar surface area (TPSA) is 78.4 Å². The van der Waals surface area contributed by atoms with Gasteiger partial charge in [0.2, 0.25) is 0 Å². The van der Waals surface area contributed by atoms with Gasteiger partial charge in [-0.15, -0.1) is 0 Å². The number of hydrogen-bond acceptors (Lipinski definition) is 6. The summed E-state index contributed by atoms with van der Waals surface area (Å²) in [7, 11) is 2.53. The molecule has 2 heterocycles. The maximum absolute atomic E-state index is 12.5. The Bertz CT molecular complexity index is 599. The Morgan fingerprint density at radius 3 is 1.48 bits per heavy atom. The molecule has 0 aliphatic carbocycles. The molecule has 0 aliphatic rings. The van der Waals surface area contributed by atoms with E-state index in [9.17, 15) is 9.59 Å². The molecule has 0 atom stereocenters. The number of pyridine rings is 2. The number of ether oxygens (including phenoxy) is 2. The number of nitrogens with zero attached hydrogens (tertiary/aromatic N) is 2. The first-order chi connectivity index (χ1) is 11.1. The fraction of sp³-hybridized carbons (Fsp3) is 0.294. The van der Waals surface area contributed by atoms with Crippen molar-refractivity contribution in [3.8, 4) is 0 Å². The van der Waals surface area contributed by atoms with Crippen LogP contribution in [0.5, 0.6) is 0 Å². The average Bonchev–Trinajstić information content (AvgIpc) is 2.61. The summed E-state index contributed by atoms with van der Waals surface area (Å²) < 4.78 is 9.82. The van der Waals surface area contributed by atoms with Crippen LogP contribution in [0.4, 0.5) is 0 Å². The fourth-order valence-electron chi connectivity index (χ4n) is 2.52. The van der Waals surface area contributed by atoms with Crippen molar-refractivity contribution in [2.45, 2.75) is 12.8 Å². The van der Waals surface area contributed by atoms with Crippen LogP contribution in [0.3, 0.4) is 0 Å². The van der Waals surface area contributed by atoms with Crippen molar-refractivity contribution in [1.82, 2.24) is 9.97 Å². The Morgan fingerprint density at radius 2 is 1.17 bits per heavy atom. The standard InChI is InChI=1S/C17H18N2O4/c1-22-15(20)17(16(21)23-2,11-13-3-7-18-8-4-13)12-14-5-9-19-10-6-14/h3-10H,11-12H2,1-2H3. The van der Waals surface area contributed by atoms with E-state index in [-0.39, 0.29) is 12.8 Å². The summed E-state index contributed by atoms with van der Waals surface area (Å²) >= 11 is 0. The van der Waals surface area contributed by atoms with Gasteiger partial charge in [-0.05, 0) is 48.2 Å². The zero-order valence-electron chi connectivity index (χ0n) is 13.1. The molecule has 0 aromatic carbocycles. The predicted molar refractivity (Wildman–Crippen MR) is 82.3 cm³/mol. The van der Waals surface area contributed by atoms with Crippen molar-refractivity contribution in [1.29, 1.82) is 0 Å². The third kappa shape index (κ3) is 3.71. The van der Waals surface area contributed by atoms with Crippen molar-refractivity contribution in [3.63, 3.8) is 0 Å². The van der Waals surface area contributed by atoms with Gasteiger partial charge in [0.1, 0.15) is 0 Å². The third-order valence-electron chi connectivity index (χ3n) is 3.66. The van der Waals surface area contributed by atoms with Gasteiger partial charge in [-0.2, -0.15) is 0 Å². The summed E-state index contributed by atoms with van der Waals surface area (Å²) in [5.41, 5.74) is 0.140. The number of carbonyl (C=O) groups is 2. The van der Waals surface area contributed by atoms with Crippen LogP contribution in [0.15, 0.2) is 49.1 Å². The summed E-state index contributed by atoms with van der Waals surface area (Å²) in [6.07, 6.45) is 6.78. The zero-order chi connectivity index (χ0) is 16.7. The first-order valence-electron chi connectivity index (χ1n) is 7.07. The molecule has 0 spiro atoms. The summed E-state index contributed by atoms with van der Waals surface area (Å²) in [4.78, 5) is 32.9. The van der Waals surface area contributed by atoms with Crippen molar-refractivity contribution in [3.05, 3.63) is 60.2 Å². The van der Waals surface area contributed by atoms with E-state index in [4.69, 9.17) is 9.47 Å². The number of hydrogen-bond donors (Lipinski definition) is 0. The molecular weight excluding hydrogens is 296 g/mol. The highest BCUT2D eigenvalue weighted by Crippen LogP contribution is 2.31. The van der Waals surface area contributed by atoms with E-state index in [1.165, 1.54) is 14.2 Å². The number of carbonyl (C=O) groups excluding carboxylic acids is 2. The second kappa shape index (κ2) is 7.49. The largest absolute Gasteiger partial charge is 0.468 e. The molecule has 2 aromatic heterocycles. The van der Waals surface area contributed by atoms with Crippen LogP contribution in [0.25, 0.3) is 0 Å². The maximum Gasteiger partial charge on any atom is 0.323 e. The molecule has 0 fully saturated rings. The number of methoxy groups -OCH3 is 2. The third-order valence-corrected chi connectivity index (χ3v) is 3.66. The van der Waals surface area contributed by atoms with Crippen LogP contribution in [-0.4, -0.2) is 36.1 Å². The summed E-state index contributed by atoms with van der Waals surface area (Å²) in [6.45, 7) is 0. The second-order valence-electron chi connectivity index (χ2n) is 5.13. The molecule has 6 nitrogen and oxygen atoms in total. The summed E-state index contributed by atoms with van der Waals surface area (Å²) in [6, 6.07) is 7.03. The highest BCUT2D eigenvalue weighted by molar-refractivity contribution is 6.00. The molecule has 0 bridgehead atoms. The lowest BCUT2D eigenvalue weighted by Crippen LogP contribution is -2.45. The Labute approximate surface area is 134 Å². The number of rotatable bonds is 6. The van der Waals surface area contributed by atoms with Crippen LogP contribution in [0.2, 0.25) is 0 Å². The van der Waals surface area contributed by atoms with Gasteiger partial charge in [0.25, 0.3) is 0 Å². The summed E-state index contributed by atoms with van der Waals surface area (Å²) in [5, 5.41) is 0. The van der Waals surface area contributed by atoms with E-state index in [2.05, 4.69) is 9.97 Å². The Morgan fingerprint density at radius 1 is 0.826 bits per heavy atom. The first kappa shape index (κ1) is 16.6. The van der Waals surface area contributed by atoms with Gasteiger partial charge >= 0.3 is 11.9 Å². The molecule has 0 saturated carbocycles. The molecular formula is C17H18N2O4. The average molecular weight is 314 g/mol. The monoisotopic (exact) mass is 314 g/mol. The van der Waals surface area contributed by atoms with Crippen molar-refractivity contribution in [2.75, 3.05) is 14.2 Å². The molecule has 0 saturated heterocycles. The zero-order valence-corrected chi connectivity index (χ0v) is 13.1. The molecule has 0 aliphatic heterocycles. The number of aromatic nitrogens is 2. The molecule has 2 rings (SSSR count). The lowest BCUT2D eigenvalue weighted by atomic mass is 9.76. The van der Waals surface area contributed by atoms with Crippen molar-refractivity contribution in [2.24, 2.45) is 5.41 Å². The van der Waals surface area contributed by atoms with Crippen LogP contribution in [0, 0.1) is 5.41 Å². The van der Waals surface area contributed by atoms with E-state index >= 15 is 0 Å². The van der Waals surface area contributed by atoms with Crippen LogP contribution in [0.1, 0.15) is 11.1 Å². The molecule has 6 heteroatoms. The summed E-state index contributed by atoms with van der Waals surface area (Å²) in [5.74, 6) is -1.25. The lowest BCUT2D eigenvalue weighted by molar-refractivity contribution is -0.169. The van der Waals surface area contributed by atoms with Gasteiger partial charge in [0.15, 0.2) is 5.41 Å². The van der Waals surface area contributed by atoms with Gasteiger partial charge < -0.3 is 9.47 Å².